The highest BCUT2D eigenvalue weighted by molar-refractivity contribution is 6.10. The number of hydrogen-bond acceptors (Lipinski definition) is 5. The minimum Gasteiger partial charge on any atom is -0.490 e. The van der Waals surface area contributed by atoms with Gasteiger partial charge in [-0.15, -0.1) is 0 Å². The maximum absolute atomic E-state index is 12.9. The number of imide groups is 1. The van der Waals surface area contributed by atoms with E-state index in [1.54, 1.807) is 4.90 Å². The standard InChI is InChI=1S/C20H22N2O4.C9H11N/c23-17-13-9-20(10-13,19(25)21-17)22-11-12-8-15(6-7-16(12)18(22)24)26-14-4-2-1-3-5-14;1-2-4-8(5-3-1)9-6-10-7-9/h6-8,13-14H,1-5,9-11H2,(H,21,23,25);1-5,9-10H,6-7H2. The van der Waals surface area contributed by atoms with Gasteiger partial charge >= 0.3 is 0 Å². The van der Waals surface area contributed by atoms with E-state index in [0.29, 0.717) is 24.9 Å². The van der Waals surface area contributed by atoms with Crippen molar-refractivity contribution in [2.75, 3.05) is 13.1 Å². The third-order valence-electron chi connectivity index (χ3n) is 8.50. The van der Waals surface area contributed by atoms with Crippen molar-refractivity contribution in [1.82, 2.24) is 15.5 Å². The number of carbonyl (C=O) groups excluding carboxylic acids is 3. The van der Waals surface area contributed by atoms with Gasteiger partial charge in [-0.2, -0.15) is 0 Å². The number of rotatable bonds is 4. The zero-order valence-corrected chi connectivity index (χ0v) is 20.5. The lowest BCUT2D eigenvalue weighted by atomic mass is 9.63. The molecule has 36 heavy (non-hydrogen) atoms. The molecule has 8 rings (SSSR count). The molecule has 0 spiro atoms. The first-order chi connectivity index (χ1) is 17.5. The summed E-state index contributed by atoms with van der Waals surface area (Å²) in [4.78, 5) is 38.6. The summed E-state index contributed by atoms with van der Waals surface area (Å²) in [7, 11) is 0. The van der Waals surface area contributed by atoms with E-state index < -0.39 is 5.54 Å². The Bertz CT molecular complexity index is 1160. The molecule has 2 N–H and O–H groups in total. The Kier molecular flexibility index (Phi) is 6.04. The van der Waals surface area contributed by atoms with E-state index in [1.807, 2.05) is 18.2 Å². The van der Waals surface area contributed by atoms with Gasteiger partial charge in [-0.05, 0) is 67.9 Å². The Morgan fingerprint density at radius 1 is 0.889 bits per heavy atom. The molecule has 7 nitrogen and oxygen atoms in total. The Labute approximate surface area is 211 Å². The number of fused-ring (bicyclic) bond motifs is 3. The first kappa shape index (κ1) is 23.2. The molecule has 2 saturated carbocycles. The summed E-state index contributed by atoms with van der Waals surface area (Å²) in [5.41, 5.74) is 2.18. The van der Waals surface area contributed by atoms with Crippen molar-refractivity contribution in [3.8, 4) is 5.75 Å². The number of amides is 3. The van der Waals surface area contributed by atoms with Crippen LogP contribution in [-0.4, -0.2) is 47.4 Å². The van der Waals surface area contributed by atoms with E-state index >= 15 is 0 Å². The normalized spacial score (nSPS) is 27.3. The lowest BCUT2D eigenvalue weighted by molar-refractivity contribution is -0.160. The molecule has 2 aromatic carbocycles. The molecule has 5 fully saturated rings. The van der Waals surface area contributed by atoms with Crippen LogP contribution in [0.25, 0.3) is 0 Å². The maximum atomic E-state index is 12.9. The number of benzene rings is 2. The summed E-state index contributed by atoms with van der Waals surface area (Å²) in [5.74, 6) is 0.786. The van der Waals surface area contributed by atoms with Crippen LogP contribution in [-0.2, 0) is 16.1 Å². The molecule has 3 saturated heterocycles. The second-order valence-corrected chi connectivity index (χ2v) is 10.8. The Hall–Kier alpha value is -3.19. The van der Waals surface area contributed by atoms with Crippen LogP contribution in [0, 0.1) is 5.92 Å². The van der Waals surface area contributed by atoms with Crippen molar-refractivity contribution in [3.05, 3.63) is 65.2 Å². The molecule has 0 aromatic heterocycles. The van der Waals surface area contributed by atoms with Gasteiger partial charge in [0, 0.05) is 37.0 Å². The van der Waals surface area contributed by atoms with Crippen molar-refractivity contribution in [3.63, 3.8) is 0 Å². The SMILES string of the molecule is O=C1NC(=O)C2(N3Cc4cc(OC5CCCCC5)ccc4C3=O)CC1C2.c1ccc(C2CNC2)cc1. The van der Waals surface area contributed by atoms with Crippen LogP contribution in [0.3, 0.4) is 0 Å². The van der Waals surface area contributed by atoms with Gasteiger partial charge in [-0.3, -0.25) is 19.7 Å². The zero-order valence-electron chi connectivity index (χ0n) is 20.5. The van der Waals surface area contributed by atoms with E-state index in [-0.39, 0.29) is 29.7 Å². The topological polar surface area (TPSA) is 87.7 Å². The van der Waals surface area contributed by atoms with Crippen LogP contribution in [0.15, 0.2) is 48.5 Å². The molecule has 0 unspecified atom stereocenters. The van der Waals surface area contributed by atoms with Gasteiger partial charge in [0.25, 0.3) is 11.8 Å². The number of piperidine rings is 2. The van der Waals surface area contributed by atoms with Crippen molar-refractivity contribution in [2.45, 2.75) is 69.1 Å². The number of nitrogens with one attached hydrogen (secondary N) is 2. The molecule has 188 valence electrons. The number of nitrogens with zero attached hydrogens (tertiary/aromatic N) is 1. The van der Waals surface area contributed by atoms with Crippen LogP contribution < -0.4 is 15.4 Å². The van der Waals surface area contributed by atoms with Gasteiger partial charge in [0.15, 0.2) is 0 Å². The minimum absolute atomic E-state index is 0.118. The van der Waals surface area contributed by atoms with Crippen molar-refractivity contribution in [1.29, 1.82) is 0 Å². The monoisotopic (exact) mass is 487 g/mol. The molecular formula is C29H33N3O4. The van der Waals surface area contributed by atoms with Crippen molar-refractivity contribution >= 4 is 17.7 Å². The second kappa shape index (κ2) is 9.36. The first-order valence-electron chi connectivity index (χ1n) is 13.3. The van der Waals surface area contributed by atoms with E-state index in [2.05, 4.69) is 41.0 Å². The second-order valence-electron chi connectivity index (χ2n) is 10.8. The molecule has 2 bridgehead atoms. The first-order valence-corrected chi connectivity index (χ1v) is 13.3. The van der Waals surface area contributed by atoms with Gasteiger partial charge in [-0.1, -0.05) is 36.8 Å². The van der Waals surface area contributed by atoms with Gasteiger partial charge in [0.1, 0.15) is 11.3 Å². The largest absolute Gasteiger partial charge is 0.490 e. The van der Waals surface area contributed by atoms with Crippen LogP contribution in [0.4, 0.5) is 0 Å². The van der Waals surface area contributed by atoms with Gasteiger partial charge in [0.05, 0.1) is 6.10 Å². The summed E-state index contributed by atoms with van der Waals surface area (Å²) in [6.07, 6.45) is 7.02. The molecule has 2 aliphatic carbocycles. The Balaban J connectivity index is 0.000000200. The highest BCUT2D eigenvalue weighted by Crippen LogP contribution is 2.49. The van der Waals surface area contributed by atoms with Crippen LogP contribution >= 0.6 is 0 Å². The number of carbonyl (C=O) groups is 3. The van der Waals surface area contributed by atoms with E-state index in [9.17, 15) is 14.4 Å². The van der Waals surface area contributed by atoms with Crippen LogP contribution in [0.1, 0.15) is 72.3 Å². The smallest absolute Gasteiger partial charge is 0.255 e. The van der Waals surface area contributed by atoms with Crippen LogP contribution in [0.5, 0.6) is 5.75 Å². The summed E-state index contributed by atoms with van der Waals surface area (Å²) >= 11 is 0. The average molecular weight is 488 g/mol. The fourth-order valence-corrected chi connectivity index (χ4v) is 6.14. The predicted octanol–water partition coefficient (Wildman–Crippen LogP) is 3.53. The molecule has 0 atom stereocenters. The van der Waals surface area contributed by atoms with Gasteiger partial charge in [0.2, 0.25) is 5.91 Å². The van der Waals surface area contributed by atoms with E-state index in [4.69, 9.17) is 4.74 Å². The fraction of sp³-hybridized carbons (Fsp3) is 0.483. The lowest BCUT2D eigenvalue weighted by Gasteiger charge is -2.53. The fourth-order valence-electron chi connectivity index (χ4n) is 6.14. The summed E-state index contributed by atoms with van der Waals surface area (Å²) in [6, 6.07) is 16.3. The minimum atomic E-state index is -0.848. The van der Waals surface area contributed by atoms with Crippen LogP contribution in [0.2, 0.25) is 0 Å². The third-order valence-corrected chi connectivity index (χ3v) is 8.50. The Morgan fingerprint density at radius 3 is 2.31 bits per heavy atom. The molecular weight excluding hydrogens is 454 g/mol. The zero-order chi connectivity index (χ0) is 24.7. The Morgan fingerprint density at radius 2 is 1.64 bits per heavy atom. The summed E-state index contributed by atoms with van der Waals surface area (Å²) in [5, 5.41) is 5.67. The lowest BCUT2D eigenvalue weighted by Crippen LogP contribution is -2.73. The summed E-state index contributed by atoms with van der Waals surface area (Å²) in [6.45, 7) is 2.72. The number of ether oxygens (including phenoxy) is 1. The molecule has 4 aliphatic heterocycles. The van der Waals surface area contributed by atoms with Crippen molar-refractivity contribution < 1.29 is 19.1 Å². The third kappa shape index (κ3) is 4.09. The highest BCUT2D eigenvalue weighted by Gasteiger charge is 2.62. The quantitative estimate of drug-likeness (QED) is 0.645. The average Bonchev–Trinajstić information content (AvgIpc) is 3.15. The molecule has 6 aliphatic rings. The van der Waals surface area contributed by atoms with E-state index in [0.717, 1.165) is 43.2 Å². The molecule has 0 radical (unpaired) electrons. The summed E-state index contributed by atoms with van der Waals surface area (Å²) < 4.78 is 6.11. The molecule has 7 heteroatoms. The molecule has 2 aromatic rings. The highest BCUT2D eigenvalue weighted by atomic mass is 16.5. The maximum Gasteiger partial charge on any atom is 0.255 e. The predicted molar refractivity (Wildman–Crippen MR) is 134 cm³/mol. The van der Waals surface area contributed by atoms with E-state index in [1.165, 1.54) is 24.8 Å². The van der Waals surface area contributed by atoms with Gasteiger partial charge in [-0.25, -0.2) is 0 Å². The molecule has 4 heterocycles. The number of hydrogen-bond donors (Lipinski definition) is 2. The van der Waals surface area contributed by atoms with Crippen molar-refractivity contribution in [2.24, 2.45) is 5.92 Å². The van der Waals surface area contributed by atoms with Gasteiger partial charge < -0.3 is 15.0 Å². The molecule has 3 amide bonds.